The van der Waals surface area contributed by atoms with E-state index in [0.717, 1.165) is 12.8 Å². The lowest BCUT2D eigenvalue weighted by Gasteiger charge is -2.15. The van der Waals surface area contributed by atoms with Crippen LogP contribution in [-0.4, -0.2) is 30.0 Å². The fraction of sp³-hybridized carbons (Fsp3) is 0.500. The van der Waals surface area contributed by atoms with Crippen molar-refractivity contribution < 1.29 is 9.18 Å². The van der Waals surface area contributed by atoms with Gasteiger partial charge in [0, 0.05) is 17.8 Å². The molecule has 0 radical (unpaired) electrons. The average Bonchev–Trinajstić information content (AvgIpc) is 3.19. The standard InChI is InChI=1S/C14H19FN2OS/c1-3-16-12-10(5-4-6-11(12)15)13(18)17-9-14(19-2)7-8-14/h4-6,16H,3,7-9H2,1-2H3,(H,17,18). The number of para-hydroxylation sites is 1. The molecule has 1 saturated carbocycles. The quantitative estimate of drug-likeness (QED) is 0.843. The minimum absolute atomic E-state index is 0.210. The molecule has 0 unspecified atom stereocenters. The molecule has 0 heterocycles. The van der Waals surface area contributed by atoms with Gasteiger partial charge in [0.25, 0.3) is 5.91 Å². The van der Waals surface area contributed by atoms with Crippen molar-refractivity contribution in [3.05, 3.63) is 29.6 Å². The Balaban J connectivity index is 2.08. The second kappa shape index (κ2) is 5.82. The molecule has 0 spiro atoms. The summed E-state index contributed by atoms with van der Waals surface area (Å²) in [7, 11) is 0. The van der Waals surface area contributed by atoms with Gasteiger partial charge in [-0.3, -0.25) is 4.79 Å². The highest BCUT2D eigenvalue weighted by Gasteiger charge is 2.42. The number of thioether (sulfide) groups is 1. The lowest BCUT2D eigenvalue weighted by atomic mass is 10.1. The number of hydrogen-bond donors (Lipinski definition) is 2. The Morgan fingerprint density at radius 2 is 2.21 bits per heavy atom. The van der Waals surface area contributed by atoms with Gasteiger partial charge in [-0.1, -0.05) is 6.07 Å². The monoisotopic (exact) mass is 282 g/mol. The Kier molecular flexibility index (Phi) is 4.34. The molecule has 1 aromatic carbocycles. The van der Waals surface area contributed by atoms with Crippen LogP contribution >= 0.6 is 11.8 Å². The molecule has 104 valence electrons. The number of rotatable bonds is 6. The summed E-state index contributed by atoms with van der Waals surface area (Å²) in [6.07, 6.45) is 4.33. The molecular weight excluding hydrogens is 263 g/mol. The zero-order valence-electron chi connectivity index (χ0n) is 11.3. The number of hydrogen-bond acceptors (Lipinski definition) is 3. The van der Waals surface area contributed by atoms with Gasteiger partial charge in [-0.25, -0.2) is 4.39 Å². The summed E-state index contributed by atoms with van der Waals surface area (Å²) < 4.78 is 13.9. The normalized spacial score (nSPS) is 15.9. The minimum Gasteiger partial charge on any atom is -0.382 e. The summed E-state index contributed by atoms with van der Waals surface area (Å²) >= 11 is 1.79. The molecule has 1 aromatic rings. The number of carbonyl (C=O) groups excluding carboxylic acids is 1. The van der Waals surface area contributed by atoms with Crippen molar-refractivity contribution in [1.82, 2.24) is 5.32 Å². The Morgan fingerprint density at radius 3 is 2.79 bits per heavy atom. The van der Waals surface area contributed by atoms with Crippen LogP contribution in [0.4, 0.5) is 10.1 Å². The molecule has 3 nitrogen and oxygen atoms in total. The summed E-state index contributed by atoms with van der Waals surface area (Å²) in [5, 5.41) is 5.82. The molecule has 1 aliphatic rings. The van der Waals surface area contributed by atoms with Gasteiger partial charge in [0.2, 0.25) is 0 Å². The number of carbonyl (C=O) groups is 1. The molecule has 19 heavy (non-hydrogen) atoms. The zero-order chi connectivity index (χ0) is 13.9. The minimum atomic E-state index is -0.388. The highest BCUT2D eigenvalue weighted by molar-refractivity contribution is 8.00. The van der Waals surface area contributed by atoms with Crippen LogP contribution in [0.5, 0.6) is 0 Å². The molecule has 0 bridgehead atoms. The van der Waals surface area contributed by atoms with Crippen LogP contribution in [-0.2, 0) is 0 Å². The summed E-state index contributed by atoms with van der Waals surface area (Å²) in [6.45, 7) is 3.10. The molecule has 0 saturated heterocycles. The smallest absolute Gasteiger partial charge is 0.253 e. The molecule has 5 heteroatoms. The first-order valence-electron chi connectivity index (χ1n) is 6.47. The Hall–Kier alpha value is -1.23. The van der Waals surface area contributed by atoms with E-state index in [0.29, 0.717) is 18.7 Å². The molecule has 1 amide bonds. The van der Waals surface area contributed by atoms with Crippen LogP contribution in [0.3, 0.4) is 0 Å². The predicted molar refractivity (Wildman–Crippen MR) is 78.4 cm³/mol. The van der Waals surface area contributed by atoms with Crippen LogP contribution in [0.15, 0.2) is 18.2 Å². The third-order valence-corrected chi connectivity index (χ3v) is 4.84. The largest absolute Gasteiger partial charge is 0.382 e. The van der Waals surface area contributed by atoms with Crippen LogP contribution in [0.1, 0.15) is 30.1 Å². The maximum absolute atomic E-state index is 13.7. The molecule has 0 aromatic heterocycles. The number of benzene rings is 1. The van der Waals surface area contributed by atoms with Crippen LogP contribution in [0, 0.1) is 5.82 Å². The number of amides is 1. The Bertz CT molecular complexity index is 475. The van der Waals surface area contributed by atoms with E-state index in [1.807, 2.05) is 6.92 Å². The van der Waals surface area contributed by atoms with E-state index in [4.69, 9.17) is 0 Å². The zero-order valence-corrected chi connectivity index (χ0v) is 12.1. The van der Waals surface area contributed by atoms with E-state index in [1.165, 1.54) is 6.07 Å². The first-order valence-corrected chi connectivity index (χ1v) is 7.70. The molecule has 1 fully saturated rings. The van der Waals surface area contributed by atoms with Crippen LogP contribution < -0.4 is 10.6 Å². The van der Waals surface area contributed by atoms with Crippen LogP contribution in [0.25, 0.3) is 0 Å². The first-order chi connectivity index (χ1) is 9.12. The van der Waals surface area contributed by atoms with Gasteiger partial charge >= 0.3 is 0 Å². The lowest BCUT2D eigenvalue weighted by molar-refractivity contribution is 0.0953. The third kappa shape index (κ3) is 3.21. The Morgan fingerprint density at radius 1 is 1.47 bits per heavy atom. The highest BCUT2D eigenvalue weighted by atomic mass is 32.2. The molecule has 2 N–H and O–H groups in total. The molecular formula is C14H19FN2OS. The molecule has 2 rings (SSSR count). The van der Waals surface area contributed by atoms with Gasteiger partial charge in [0.05, 0.1) is 11.3 Å². The van der Waals surface area contributed by atoms with Crippen molar-refractivity contribution in [3.8, 4) is 0 Å². The average molecular weight is 282 g/mol. The highest BCUT2D eigenvalue weighted by Crippen LogP contribution is 2.46. The van der Waals surface area contributed by atoms with E-state index >= 15 is 0 Å². The predicted octanol–water partition coefficient (Wildman–Crippen LogP) is 2.88. The van der Waals surface area contributed by atoms with Crippen molar-refractivity contribution in [3.63, 3.8) is 0 Å². The summed E-state index contributed by atoms with van der Waals surface area (Å²) in [4.78, 5) is 12.2. The maximum atomic E-state index is 13.7. The van der Waals surface area contributed by atoms with E-state index < -0.39 is 0 Å². The van der Waals surface area contributed by atoms with E-state index in [1.54, 1.807) is 23.9 Å². The summed E-state index contributed by atoms with van der Waals surface area (Å²) in [5.41, 5.74) is 0.662. The van der Waals surface area contributed by atoms with Gasteiger partial charge in [-0.15, -0.1) is 0 Å². The summed E-state index contributed by atoms with van der Waals surface area (Å²) in [5.74, 6) is -0.601. The topological polar surface area (TPSA) is 41.1 Å². The molecule has 0 atom stereocenters. The van der Waals surface area contributed by atoms with E-state index in [-0.39, 0.29) is 22.2 Å². The van der Waals surface area contributed by atoms with Gasteiger partial charge in [0.15, 0.2) is 0 Å². The van der Waals surface area contributed by atoms with Crippen molar-refractivity contribution in [2.45, 2.75) is 24.5 Å². The van der Waals surface area contributed by atoms with Gasteiger partial charge in [-0.2, -0.15) is 11.8 Å². The first kappa shape index (κ1) is 14.2. The van der Waals surface area contributed by atoms with Crippen molar-refractivity contribution in [2.75, 3.05) is 24.7 Å². The summed E-state index contributed by atoms with van der Waals surface area (Å²) in [6, 6.07) is 4.57. The van der Waals surface area contributed by atoms with Gasteiger partial charge < -0.3 is 10.6 Å². The third-order valence-electron chi connectivity index (χ3n) is 3.42. The Labute approximate surface area is 117 Å². The van der Waals surface area contributed by atoms with E-state index in [9.17, 15) is 9.18 Å². The second-order valence-corrected chi connectivity index (χ2v) is 6.04. The second-order valence-electron chi connectivity index (χ2n) is 4.76. The fourth-order valence-corrected chi connectivity index (χ4v) is 2.73. The SMILES string of the molecule is CCNc1c(F)cccc1C(=O)NCC1(SC)CC1. The lowest BCUT2D eigenvalue weighted by Crippen LogP contribution is -2.32. The van der Waals surface area contributed by atoms with Crippen molar-refractivity contribution in [1.29, 1.82) is 0 Å². The fourth-order valence-electron chi connectivity index (χ4n) is 2.00. The molecule has 0 aliphatic heterocycles. The maximum Gasteiger partial charge on any atom is 0.253 e. The van der Waals surface area contributed by atoms with Crippen molar-refractivity contribution in [2.24, 2.45) is 0 Å². The van der Waals surface area contributed by atoms with E-state index in [2.05, 4.69) is 16.9 Å². The van der Waals surface area contributed by atoms with Crippen molar-refractivity contribution >= 4 is 23.4 Å². The number of nitrogens with one attached hydrogen (secondary N) is 2. The van der Waals surface area contributed by atoms with Gasteiger partial charge in [-0.05, 0) is 38.2 Å². The number of anilines is 1. The number of halogens is 1. The van der Waals surface area contributed by atoms with Gasteiger partial charge in [0.1, 0.15) is 5.82 Å². The van der Waals surface area contributed by atoms with Crippen LogP contribution in [0.2, 0.25) is 0 Å². The molecule has 1 aliphatic carbocycles.